The van der Waals surface area contributed by atoms with Gasteiger partial charge in [-0.05, 0) is 50.7 Å². The fourth-order valence-electron chi connectivity index (χ4n) is 4.36. The van der Waals surface area contributed by atoms with Crippen LogP contribution in [0.15, 0.2) is 30.7 Å². The molecule has 3 N–H and O–H groups in total. The number of piperidine rings is 1. The zero-order valence-corrected chi connectivity index (χ0v) is 20.1. The number of benzene rings is 1. The summed E-state index contributed by atoms with van der Waals surface area (Å²) in [6.07, 6.45) is 4.95. The Kier molecular flexibility index (Phi) is 6.95. The highest BCUT2D eigenvalue weighted by molar-refractivity contribution is 6.35. The number of nitrogens with zero attached hydrogens (tertiary/aromatic N) is 3. The van der Waals surface area contributed by atoms with Crippen LogP contribution in [0.25, 0.3) is 0 Å². The molecule has 1 aliphatic carbocycles. The number of carbonyl (C=O) groups excluding carboxylic acids is 3. The highest BCUT2D eigenvalue weighted by atomic mass is 35.5. The van der Waals surface area contributed by atoms with E-state index < -0.39 is 17.4 Å². The van der Waals surface area contributed by atoms with Gasteiger partial charge in [-0.3, -0.25) is 14.4 Å². The van der Waals surface area contributed by atoms with Gasteiger partial charge in [-0.1, -0.05) is 17.7 Å². The summed E-state index contributed by atoms with van der Waals surface area (Å²) in [5.41, 5.74) is 0.537. The van der Waals surface area contributed by atoms with E-state index in [9.17, 15) is 19.5 Å². The molecule has 10 heteroatoms. The van der Waals surface area contributed by atoms with Crippen molar-refractivity contribution in [3.05, 3.63) is 47.0 Å². The molecule has 34 heavy (non-hydrogen) atoms. The second-order valence-corrected chi connectivity index (χ2v) is 9.68. The van der Waals surface area contributed by atoms with Crippen molar-refractivity contribution in [2.45, 2.75) is 44.2 Å². The normalized spacial score (nSPS) is 18.3. The van der Waals surface area contributed by atoms with Gasteiger partial charge in [0.25, 0.3) is 5.91 Å². The summed E-state index contributed by atoms with van der Waals surface area (Å²) in [6, 6.07) is 5.31. The molecule has 2 amide bonds. The van der Waals surface area contributed by atoms with Gasteiger partial charge in [-0.15, -0.1) is 0 Å². The maximum Gasteiger partial charge on any atom is 0.272 e. The lowest BCUT2D eigenvalue weighted by atomic mass is 9.95. The van der Waals surface area contributed by atoms with Crippen LogP contribution < -0.4 is 15.5 Å². The fourth-order valence-corrected chi connectivity index (χ4v) is 4.62. The first-order valence-electron chi connectivity index (χ1n) is 11.5. The summed E-state index contributed by atoms with van der Waals surface area (Å²) < 4.78 is 1.69. The third-order valence-electron chi connectivity index (χ3n) is 6.60. The number of rotatable bonds is 8. The number of amides is 2. The number of imidazole rings is 1. The molecular weight excluding hydrogens is 458 g/mol. The van der Waals surface area contributed by atoms with Crippen molar-refractivity contribution in [2.75, 3.05) is 24.5 Å². The molecule has 1 unspecified atom stereocenters. The van der Waals surface area contributed by atoms with Crippen molar-refractivity contribution in [3.8, 4) is 0 Å². The van der Waals surface area contributed by atoms with Gasteiger partial charge in [-0.2, -0.15) is 0 Å². The van der Waals surface area contributed by atoms with Gasteiger partial charge in [0, 0.05) is 38.6 Å². The molecule has 2 aromatic rings. The highest BCUT2D eigenvalue weighted by Gasteiger charge is 2.51. The molecule has 9 nitrogen and oxygen atoms in total. The molecule has 0 spiro atoms. The zero-order chi connectivity index (χ0) is 24.5. The average molecular weight is 488 g/mol. The molecule has 2 heterocycles. The van der Waals surface area contributed by atoms with Crippen LogP contribution in [0.3, 0.4) is 0 Å². The third kappa shape index (κ3) is 5.10. The van der Waals surface area contributed by atoms with Gasteiger partial charge in [-0.25, -0.2) is 4.98 Å². The fraction of sp³-hybridized carbons (Fsp3) is 0.500. The topological polar surface area (TPSA) is 117 Å². The van der Waals surface area contributed by atoms with Gasteiger partial charge >= 0.3 is 0 Å². The number of Topliss-reactive ketones (excluding diaryl/α,β-unsaturated/α-hetero) is 1. The summed E-state index contributed by atoms with van der Waals surface area (Å²) in [6.45, 7) is 3.39. The SMILES string of the molecule is CC(O)C(=O)c1c(Cl)cccc1N1CCC(CNC(=O)C2(NC(=O)c3cn(C)cn3)CC2)CC1. The molecule has 1 atom stereocenters. The summed E-state index contributed by atoms with van der Waals surface area (Å²) in [5.74, 6) is -0.598. The van der Waals surface area contributed by atoms with Gasteiger partial charge in [0.15, 0.2) is 5.78 Å². The standard InChI is InChI=1S/C24H30ClN5O4/c1-15(31)21(32)20-17(25)4-3-5-19(20)30-10-6-16(7-11-30)12-26-23(34)24(8-9-24)28-22(33)18-13-29(2)14-27-18/h3-5,13-16,31H,6-12H2,1-2H3,(H,26,34)(H,28,33). The number of halogens is 1. The van der Waals surface area contributed by atoms with Crippen LogP contribution in [0.4, 0.5) is 5.69 Å². The number of hydrogen-bond acceptors (Lipinski definition) is 6. The molecule has 1 saturated heterocycles. The van der Waals surface area contributed by atoms with E-state index in [0.29, 0.717) is 48.8 Å². The van der Waals surface area contributed by atoms with Crippen molar-refractivity contribution in [2.24, 2.45) is 13.0 Å². The Morgan fingerprint density at radius 3 is 2.56 bits per heavy atom. The van der Waals surface area contributed by atoms with Gasteiger partial charge in [0.05, 0.1) is 16.9 Å². The van der Waals surface area contributed by atoms with Crippen molar-refractivity contribution in [1.29, 1.82) is 0 Å². The van der Waals surface area contributed by atoms with E-state index in [1.54, 1.807) is 36.3 Å². The highest BCUT2D eigenvalue weighted by Crippen LogP contribution is 2.36. The number of nitrogens with one attached hydrogen (secondary N) is 2. The second kappa shape index (κ2) is 9.76. The monoisotopic (exact) mass is 487 g/mol. The van der Waals surface area contributed by atoms with E-state index in [-0.39, 0.29) is 17.7 Å². The number of aryl methyl sites for hydroxylation is 1. The van der Waals surface area contributed by atoms with Crippen LogP contribution in [0, 0.1) is 5.92 Å². The summed E-state index contributed by atoms with van der Waals surface area (Å²) in [5, 5.41) is 16.0. The lowest BCUT2D eigenvalue weighted by molar-refractivity contribution is -0.124. The molecular formula is C24H30ClN5O4. The Labute approximate surface area is 203 Å². The molecule has 182 valence electrons. The number of aliphatic hydroxyl groups is 1. The molecule has 1 aromatic heterocycles. The number of carbonyl (C=O) groups is 3. The molecule has 1 aromatic carbocycles. The molecule has 1 aliphatic heterocycles. The Morgan fingerprint density at radius 2 is 1.97 bits per heavy atom. The lowest BCUT2D eigenvalue weighted by Crippen LogP contribution is -2.50. The van der Waals surface area contributed by atoms with Crippen LogP contribution >= 0.6 is 11.6 Å². The number of hydrogen-bond donors (Lipinski definition) is 3. The largest absolute Gasteiger partial charge is 0.385 e. The first-order valence-corrected chi connectivity index (χ1v) is 11.9. The van der Waals surface area contributed by atoms with Crippen LogP contribution in [0.5, 0.6) is 0 Å². The predicted molar refractivity (Wildman–Crippen MR) is 128 cm³/mol. The quantitative estimate of drug-likeness (QED) is 0.490. The minimum Gasteiger partial charge on any atom is -0.385 e. The minimum absolute atomic E-state index is 0.154. The van der Waals surface area contributed by atoms with Gasteiger partial charge < -0.3 is 25.2 Å². The van der Waals surface area contributed by atoms with E-state index in [2.05, 4.69) is 20.5 Å². The Morgan fingerprint density at radius 1 is 1.26 bits per heavy atom. The Balaban J connectivity index is 1.30. The van der Waals surface area contributed by atoms with E-state index in [0.717, 1.165) is 18.5 Å². The van der Waals surface area contributed by atoms with E-state index in [1.807, 2.05) is 6.07 Å². The van der Waals surface area contributed by atoms with Gasteiger partial charge in [0.1, 0.15) is 17.3 Å². The van der Waals surface area contributed by atoms with Crippen molar-refractivity contribution in [1.82, 2.24) is 20.2 Å². The lowest BCUT2D eigenvalue weighted by Gasteiger charge is -2.35. The van der Waals surface area contributed by atoms with Crippen molar-refractivity contribution >= 4 is 34.9 Å². The van der Waals surface area contributed by atoms with Crippen molar-refractivity contribution < 1.29 is 19.5 Å². The van der Waals surface area contributed by atoms with E-state index in [1.165, 1.54) is 6.92 Å². The van der Waals surface area contributed by atoms with Crippen LogP contribution in [-0.2, 0) is 11.8 Å². The van der Waals surface area contributed by atoms with Crippen LogP contribution in [-0.4, -0.2) is 63.5 Å². The third-order valence-corrected chi connectivity index (χ3v) is 6.91. The summed E-state index contributed by atoms with van der Waals surface area (Å²) in [7, 11) is 1.78. The maximum atomic E-state index is 12.8. The first-order chi connectivity index (χ1) is 16.2. The molecule has 2 fully saturated rings. The van der Waals surface area contributed by atoms with Crippen LogP contribution in [0.2, 0.25) is 5.02 Å². The number of aromatic nitrogens is 2. The van der Waals surface area contributed by atoms with Gasteiger partial charge in [0.2, 0.25) is 5.91 Å². The average Bonchev–Trinajstić information content (AvgIpc) is 3.47. The minimum atomic E-state index is -1.13. The molecule has 0 bridgehead atoms. The molecule has 2 aliphatic rings. The Bertz CT molecular complexity index is 1090. The number of anilines is 1. The second-order valence-electron chi connectivity index (χ2n) is 9.28. The first kappa shape index (κ1) is 24.2. The molecule has 4 rings (SSSR count). The Hall–Kier alpha value is -2.91. The van der Waals surface area contributed by atoms with Crippen LogP contribution in [0.1, 0.15) is 53.5 Å². The number of ketones is 1. The van der Waals surface area contributed by atoms with Crippen molar-refractivity contribution in [3.63, 3.8) is 0 Å². The van der Waals surface area contributed by atoms with E-state index >= 15 is 0 Å². The molecule has 0 radical (unpaired) electrons. The molecule has 1 saturated carbocycles. The maximum absolute atomic E-state index is 12.8. The zero-order valence-electron chi connectivity index (χ0n) is 19.4. The summed E-state index contributed by atoms with van der Waals surface area (Å²) in [4.78, 5) is 43.9. The smallest absolute Gasteiger partial charge is 0.272 e. The predicted octanol–water partition coefficient (Wildman–Crippen LogP) is 1.93. The van der Waals surface area contributed by atoms with E-state index in [4.69, 9.17) is 11.6 Å². The number of aliphatic hydroxyl groups excluding tert-OH is 1. The summed E-state index contributed by atoms with van der Waals surface area (Å²) >= 11 is 6.28.